The Kier molecular flexibility index (Phi) is 5.67. The van der Waals surface area contributed by atoms with Gasteiger partial charge in [-0.15, -0.1) is 0 Å². The summed E-state index contributed by atoms with van der Waals surface area (Å²) < 4.78 is 0. The van der Waals surface area contributed by atoms with E-state index in [9.17, 15) is 0 Å². The number of nitrogens with zero attached hydrogens (tertiary/aromatic N) is 4. The van der Waals surface area contributed by atoms with Gasteiger partial charge in [-0.2, -0.15) is 0 Å². The number of nitrogens with one attached hydrogen (secondary N) is 1. The Hall–Kier alpha value is -2.01. The van der Waals surface area contributed by atoms with E-state index in [0.717, 1.165) is 19.4 Å². The van der Waals surface area contributed by atoms with Crippen LogP contribution in [0.1, 0.15) is 62.0 Å². The lowest BCUT2D eigenvalue weighted by molar-refractivity contribution is 0.0519. The zero-order valence-electron chi connectivity index (χ0n) is 16.5. The fourth-order valence-corrected chi connectivity index (χ4v) is 4.91. The minimum Gasteiger partial charge on any atom is -0.348 e. The molecule has 0 aliphatic carbocycles. The molecule has 4 atom stereocenters. The Morgan fingerprint density at radius 3 is 2.96 bits per heavy atom. The van der Waals surface area contributed by atoms with Gasteiger partial charge in [-0.1, -0.05) is 13.0 Å². The number of likely N-dealkylation sites (tertiary alicyclic amines) is 1. The van der Waals surface area contributed by atoms with Crippen molar-refractivity contribution < 1.29 is 0 Å². The van der Waals surface area contributed by atoms with Gasteiger partial charge in [-0.3, -0.25) is 14.9 Å². The van der Waals surface area contributed by atoms with Gasteiger partial charge in [0.1, 0.15) is 0 Å². The van der Waals surface area contributed by atoms with Crippen molar-refractivity contribution in [3.05, 3.63) is 47.8 Å². The smallest absolute Gasteiger partial charge is 0.0921 e. The molecule has 4 rings (SSSR count). The molecule has 2 aromatic heterocycles. The SMILES string of the molecule is Cc1cccnc1C1CCCC(C2N=CCCC2C)N1CCc1cnc[nH]1. The third-order valence-corrected chi connectivity index (χ3v) is 6.37. The number of rotatable bonds is 5. The summed E-state index contributed by atoms with van der Waals surface area (Å²) >= 11 is 0. The summed E-state index contributed by atoms with van der Waals surface area (Å²) in [6.07, 6.45) is 14.9. The number of aromatic nitrogens is 3. The molecular formula is C22H31N5. The third-order valence-electron chi connectivity index (χ3n) is 6.37. The summed E-state index contributed by atoms with van der Waals surface area (Å²) in [6.45, 7) is 5.59. The van der Waals surface area contributed by atoms with Crippen molar-refractivity contribution in [2.45, 2.75) is 70.5 Å². The van der Waals surface area contributed by atoms with Gasteiger partial charge < -0.3 is 4.98 Å². The van der Waals surface area contributed by atoms with Crippen molar-refractivity contribution in [3.8, 4) is 0 Å². The Balaban J connectivity index is 1.63. The third kappa shape index (κ3) is 3.98. The topological polar surface area (TPSA) is 57.2 Å². The Morgan fingerprint density at radius 2 is 2.19 bits per heavy atom. The van der Waals surface area contributed by atoms with E-state index >= 15 is 0 Å². The molecule has 4 unspecified atom stereocenters. The van der Waals surface area contributed by atoms with E-state index in [1.807, 2.05) is 18.5 Å². The number of imidazole rings is 1. The lowest BCUT2D eigenvalue weighted by Crippen LogP contribution is -2.51. The van der Waals surface area contributed by atoms with Crippen LogP contribution in [-0.4, -0.2) is 44.7 Å². The average molecular weight is 366 g/mol. The summed E-state index contributed by atoms with van der Waals surface area (Å²) in [5.41, 5.74) is 3.75. The number of piperidine rings is 1. The molecule has 1 saturated heterocycles. The summed E-state index contributed by atoms with van der Waals surface area (Å²) in [4.78, 5) is 19.9. The van der Waals surface area contributed by atoms with Gasteiger partial charge in [0.2, 0.25) is 0 Å². The molecule has 2 aromatic rings. The first-order valence-electron chi connectivity index (χ1n) is 10.4. The molecule has 0 spiro atoms. The highest BCUT2D eigenvalue weighted by molar-refractivity contribution is 5.58. The van der Waals surface area contributed by atoms with Crippen LogP contribution in [-0.2, 0) is 6.42 Å². The molecule has 1 N–H and O–H groups in total. The number of hydrogen-bond acceptors (Lipinski definition) is 4. The Labute approximate surface area is 162 Å². The van der Waals surface area contributed by atoms with Crippen LogP contribution in [0.2, 0.25) is 0 Å². The van der Waals surface area contributed by atoms with Gasteiger partial charge in [0.05, 0.1) is 24.1 Å². The number of hydrogen-bond donors (Lipinski definition) is 1. The summed E-state index contributed by atoms with van der Waals surface area (Å²) in [6, 6.07) is 5.53. The van der Waals surface area contributed by atoms with Crippen LogP contribution in [0.25, 0.3) is 0 Å². The number of aromatic amines is 1. The van der Waals surface area contributed by atoms with Gasteiger partial charge in [0, 0.05) is 37.1 Å². The molecule has 0 aromatic carbocycles. The lowest BCUT2D eigenvalue weighted by atomic mass is 9.81. The molecule has 5 nitrogen and oxygen atoms in total. The predicted molar refractivity (Wildman–Crippen MR) is 109 cm³/mol. The van der Waals surface area contributed by atoms with Crippen LogP contribution < -0.4 is 0 Å². The maximum Gasteiger partial charge on any atom is 0.0921 e. The number of pyridine rings is 1. The van der Waals surface area contributed by atoms with Crippen LogP contribution in [0.3, 0.4) is 0 Å². The zero-order chi connectivity index (χ0) is 18.6. The monoisotopic (exact) mass is 365 g/mol. The van der Waals surface area contributed by atoms with Crippen molar-refractivity contribution in [2.24, 2.45) is 10.9 Å². The minimum absolute atomic E-state index is 0.386. The molecule has 2 aliphatic heterocycles. The quantitative estimate of drug-likeness (QED) is 0.867. The molecule has 0 saturated carbocycles. The van der Waals surface area contributed by atoms with Gasteiger partial charge in [-0.25, -0.2) is 4.98 Å². The van der Waals surface area contributed by atoms with Crippen molar-refractivity contribution in [3.63, 3.8) is 0 Å². The molecule has 144 valence electrons. The molecular weight excluding hydrogens is 334 g/mol. The summed E-state index contributed by atoms with van der Waals surface area (Å²) in [7, 11) is 0. The van der Waals surface area contributed by atoms with E-state index in [-0.39, 0.29) is 0 Å². The first-order chi connectivity index (χ1) is 13.2. The van der Waals surface area contributed by atoms with Crippen molar-refractivity contribution in [2.75, 3.05) is 6.54 Å². The summed E-state index contributed by atoms with van der Waals surface area (Å²) in [5, 5.41) is 0. The molecule has 27 heavy (non-hydrogen) atoms. The maximum atomic E-state index is 4.97. The standard InChI is InChI=1S/C22H31N5/c1-16-6-4-11-24-21(16)19-8-3-9-20(22-17(2)7-5-12-25-22)27(19)13-10-18-14-23-15-26-18/h4,6,11-12,14-15,17,19-20,22H,3,5,7-10,13H2,1-2H3,(H,23,26). The second-order valence-electron chi connectivity index (χ2n) is 8.16. The number of H-pyrrole nitrogens is 1. The molecule has 4 heterocycles. The molecule has 0 bridgehead atoms. The van der Waals surface area contributed by atoms with Gasteiger partial charge in [0.25, 0.3) is 0 Å². The van der Waals surface area contributed by atoms with Crippen LogP contribution in [0.4, 0.5) is 0 Å². The first-order valence-corrected chi connectivity index (χ1v) is 10.4. The van der Waals surface area contributed by atoms with E-state index in [2.05, 4.69) is 41.0 Å². The van der Waals surface area contributed by atoms with E-state index < -0.39 is 0 Å². The largest absolute Gasteiger partial charge is 0.348 e. The molecule has 5 heteroatoms. The second-order valence-corrected chi connectivity index (χ2v) is 8.16. The van der Waals surface area contributed by atoms with Crippen LogP contribution in [0.5, 0.6) is 0 Å². The fraction of sp³-hybridized carbons (Fsp3) is 0.591. The molecule has 0 amide bonds. The molecule has 0 radical (unpaired) electrons. The Bertz CT molecular complexity index is 754. The van der Waals surface area contributed by atoms with Crippen molar-refractivity contribution >= 4 is 6.21 Å². The zero-order valence-corrected chi connectivity index (χ0v) is 16.5. The molecule has 1 fully saturated rings. The molecule has 2 aliphatic rings. The highest BCUT2D eigenvalue weighted by Crippen LogP contribution is 2.39. The van der Waals surface area contributed by atoms with Crippen molar-refractivity contribution in [1.29, 1.82) is 0 Å². The van der Waals surface area contributed by atoms with Crippen LogP contribution >= 0.6 is 0 Å². The van der Waals surface area contributed by atoms with E-state index in [1.165, 1.54) is 42.6 Å². The highest BCUT2D eigenvalue weighted by Gasteiger charge is 2.39. The van der Waals surface area contributed by atoms with E-state index in [0.29, 0.717) is 24.0 Å². The lowest BCUT2D eigenvalue weighted by Gasteiger charge is -2.46. The van der Waals surface area contributed by atoms with E-state index in [4.69, 9.17) is 9.98 Å². The maximum absolute atomic E-state index is 4.97. The van der Waals surface area contributed by atoms with Gasteiger partial charge >= 0.3 is 0 Å². The van der Waals surface area contributed by atoms with Gasteiger partial charge in [-0.05, 0) is 62.8 Å². The van der Waals surface area contributed by atoms with Gasteiger partial charge in [0.15, 0.2) is 0 Å². The first kappa shape index (κ1) is 18.4. The van der Waals surface area contributed by atoms with Crippen molar-refractivity contribution in [1.82, 2.24) is 19.9 Å². The van der Waals surface area contributed by atoms with E-state index in [1.54, 1.807) is 6.33 Å². The number of aryl methyl sites for hydroxylation is 1. The highest BCUT2D eigenvalue weighted by atomic mass is 15.2. The number of aliphatic imine (C=N–C) groups is 1. The fourth-order valence-electron chi connectivity index (χ4n) is 4.91. The van der Waals surface area contributed by atoms with Crippen LogP contribution in [0.15, 0.2) is 35.8 Å². The predicted octanol–water partition coefficient (Wildman–Crippen LogP) is 4.12. The average Bonchev–Trinajstić information content (AvgIpc) is 3.21. The normalized spacial score (nSPS) is 29.1. The minimum atomic E-state index is 0.386. The second kappa shape index (κ2) is 8.34. The summed E-state index contributed by atoms with van der Waals surface area (Å²) in [5.74, 6) is 0.651. The Morgan fingerprint density at radius 1 is 1.26 bits per heavy atom. The van der Waals surface area contributed by atoms with Crippen LogP contribution in [0, 0.1) is 12.8 Å².